The van der Waals surface area contributed by atoms with E-state index in [4.69, 9.17) is 15.7 Å². The van der Waals surface area contributed by atoms with Crippen molar-refractivity contribution in [2.75, 3.05) is 13.7 Å². The summed E-state index contributed by atoms with van der Waals surface area (Å²) in [7, 11) is 1.67. The topological polar surface area (TPSA) is 89.8 Å². The van der Waals surface area contributed by atoms with Gasteiger partial charge in [-0.1, -0.05) is 5.21 Å². The van der Waals surface area contributed by atoms with E-state index in [2.05, 4.69) is 16.4 Å². The van der Waals surface area contributed by atoms with Crippen molar-refractivity contribution in [1.82, 2.24) is 15.0 Å². The largest absolute Gasteiger partial charge is 0.375 e. The van der Waals surface area contributed by atoms with Gasteiger partial charge in [0.15, 0.2) is 0 Å². The molecule has 0 aliphatic rings. The molecule has 0 radical (unpaired) electrons. The van der Waals surface area contributed by atoms with Crippen molar-refractivity contribution in [1.29, 1.82) is 5.26 Å². The molecule has 1 rings (SSSR count). The summed E-state index contributed by atoms with van der Waals surface area (Å²) >= 11 is 0. The number of methoxy groups -OCH3 is 1. The number of aryl methyl sites for hydroxylation is 1. The lowest BCUT2D eigenvalue weighted by molar-refractivity contribution is 0.110. The lowest BCUT2D eigenvalue weighted by atomic mass is 10.1. The minimum atomic E-state index is -0.0440. The number of unbranched alkanes of at least 4 members (excludes halogenated alkanes) is 2. The van der Waals surface area contributed by atoms with E-state index in [1.165, 1.54) is 0 Å². The number of rotatable bonds is 8. The molecule has 0 fully saturated rings. The molecule has 6 heteroatoms. The summed E-state index contributed by atoms with van der Waals surface area (Å²) in [6.07, 6.45) is 3.05. The standard InChI is InChI=1S/C12H21N5O/c1-10(18-2)12-11(6-8-14)15-16-17(12)9-5-3-4-7-13/h10H,3-6,8-9,14H2,1-2H3. The molecule has 0 saturated carbocycles. The normalized spacial score (nSPS) is 12.3. The van der Waals surface area contributed by atoms with Crippen molar-refractivity contribution in [3.8, 4) is 6.07 Å². The number of nitriles is 1. The van der Waals surface area contributed by atoms with Crippen LogP contribution in [0.3, 0.4) is 0 Å². The third-order valence-corrected chi connectivity index (χ3v) is 2.88. The molecule has 0 saturated heterocycles. The van der Waals surface area contributed by atoms with E-state index in [-0.39, 0.29) is 6.10 Å². The quantitative estimate of drug-likeness (QED) is 0.701. The lowest BCUT2D eigenvalue weighted by Gasteiger charge is -2.13. The van der Waals surface area contributed by atoms with E-state index in [1.807, 2.05) is 11.6 Å². The van der Waals surface area contributed by atoms with Gasteiger partial charge in [-0.25, -0.2) is 4.68 Å². The first kappa shape index (κ1) is 14.6. The van der Waals surface area contributed by atoms with Gasteiger partial charge in [0.25, 0.3) is 0 Å². The molecule has 18 heavy (non-hydrogen) atoms. The van der Waals surface area contributed by atoms with Crippen molar-refractivity contribution in [3.05, 3.63) is 11.4 Å². The first-order chi connectivity index (χ1) is 8.74. The van der Waals surface area contributed by atoms with Gasteiger partial charge >= 0.3 is 0 Å². The summed E-state index contributed by atoms with van der Waals surface area (Å²) in [5.74, 6) is 0. The minimum Gasteiger partial charge on any atom is -0.375 e. The zero-order valence-corrected chi connectivity index (χ0v) is 11.1. The minimum absolute atomic E-state index is 0.0440. The van der Waals surface area contributed by atoms with Crippen molar-refractivity contribution >= 4 is 0 Å². The Morgan fingerprint density at radius 3 is 2.89 bits per heavy atom. The summed E-state index contributed by atoms with van der Waals surface area (Å²) in [4.78, 5) is 0. The zero-order chi connectivity index (χ0) is 13.4. The zero-order valence-electron chi connectivity index (χ0n) is 11.1. The highest BCUT2D eigenvalue weighted by Gasteiger charge is 2.17. The summed E-state index contributed by atoms with van der Waals surface area (Å²) < 4.78 is 7.23. The molecule has 0 bridgehead atoms. The summed E-state index contributed by atoms with van der Waals surface area (Å²) in [6, 6.07) is 2.14. The molecule has 100 valence electrons. The van der Waals surface area contributed by atoms with Gasteiger partial charge in [0, 0.05) is 26.5 Å². The first-order valence-electron chi connectivity index (χ1n) is 6.26. The number of aromatic nitrogens is 3. The first-order valence-corrected chi connectivity index (χ1v) is 6.26. The Bertz CT molecular complexity index is 396. The summed E-state index contributed by atoms with van der Waals surface area (Å²) in [6.45, 7) is 3.29. The van der Waals surface area contributed by atoms with Gasteiger partial charge in [-0.3, -0.25) is 0 Å². The fourth-order valence-electron chi connectivity index (χ4n) is 1.86. The third kappa shape index (κ3) is 3.79. The Morgan fingerprint density at radius 2 is 2.28 bits per heavy atom. The molecule has 0 aliphatic heterocycles. The van der Waals surface area contributed by atoms with Crippen LogP contribution in [0.15, 0.2) is 0 Å². The molecule has 1 heterocycles. The molecule has 2 N–H and O–H groups in total. The maximum absolute atomic E-state index is 8.50. The van der Waals surface area contributed by atoms with E-state index >= 15 is 0 Å². The van der Waals surface area contributed by atoms with Crippen LogP contribution in [0.2, 0.25) is 0 Å². The smallest absolute Gasteiger partial charge is 0.0978 e. The number of nitrogens with zero attached hydrogens (tertiary/aromatic N) is 4. The van der Waals surface area contributed by atoms with Gasteiger partial charge in [-0.2, -0.15) is 5.26 Å². The summed E-state index contributed by atoms with van der Waals surface area (Å²) in [5.41, 5.74) is 7.48. The molecule has 1 aromatic heterocycles. The molecule has 0 aliphatic carbocycles. The molecule has 0 spiro atoms. The van der Waals surface area contributed by atoms with E-state index < -0.39 is 0 Å². The van der Waals surface area contributed by atoms with Crippen LogP contribution in [0, 0.1) is 11.3 Å². The number of nitrogens with two attached hydrogens (primary N) is 1. The highest BCUT2D eigenvalue weighted by Crippen LogP contribution is 2.19. The molecule has 0 amide bonds. The van der Waals surface area contributed by atoms with Gasteiger partial charge < -0.3 is 10.5 Å². The predicted molar refractivity (Wildman–Crippen MR) is 67.7 cm³/mol. The van der Waals surface area contributed by atoms with E-state index in [0.717, 1.165) is 30.8 Å². The fourth-order valence-corrected chi connectivity index (χ4v) is 1.86. The van der Waals surface area contributed by atoms with Gasteiger partial charge in [-0.15, -0.1) is 5.10 Å². The molecule has 1 atom stereocenters. The highest BCUT2D eigenvalue weighted by atomic mass is 16.5. The van der Waals surface area contributed by atoms with Crippen molar-refractivity contribution in [2.24, 2.45) is 5.73 Å². The Labute approximate surface area is 108 Å². The Hall–Kier alpha value is -1.45. The maximum Gasteiger partial charge on any atom is 0.0978 e. The monoisotopic (exact) mass is 251 g/mol. The van der Waals surface area contributed by atoms with Crippen LogP contribution in [-0.4, -0.2) is 28.6 Å². The molecular formula is C12H21N5O. The second-order valence-corrected chi connectivity index (χ2v) is 4.18. The Kier molecular flexibility index (Phi) is 6.33. The maximum atomic E-state index is 8.50. The van der Waals surface area contributed by atoms with Crippen LogP contribution in [0.1, 0.15) is 43.7 Å². The SMILES string of the molecule is COC(C)c1c(CCN)nnn1CCCCC#N. The third-order valence-electron chi connectivity index (χ3n) is 2.88. The van der Waals surface area contributed by atoms with Crippen LogP contribution < -0.4 is 5.73 Å². The highest BCUT2D eigenvalue weighted by molar-refractivity contribution is 5.13. The van der Waals surface area contributed by atoms with Gasteiger partial charge in [0.1, 0.15) is 0 Å². The van der Waals surface area contributed by atoms with Crippen molar-refractivity contribution < 1.29 is 4.74 Å². The number of hydrogen-bond acceptors (Lipinski definition) is 5. The average molecular weight is 251 g/mol. The molecule has 1 aromatic rings. The van der Waals surface area contributed by atoms with Crippen LogP contribution in [0.5, 0.6) is 0 Å². The van der Waals surface area contributed by atoms with Gasteiger partial charge in [-0.05, 0) is 26.3 Å². The molecular weight excluding hydrogens is 230 g/mol. The second kappa shape index (κ2) is 7.80. The molecule has 6 nitrogen and oxygen atoms in total. The number of hydrogen-bond donors (Lipinski definition) is 1. The van der Waals surface area contributed by atoms with E-state index in [9.17, 15) is 0 Å². The van der Waals surface area contributed by atoms with Crippen molar-refractivity contribution in [3.63, 3.8) is 0 Å². The summed E-state index contributed by atoms with van der Waals surface area (Å²) in [5, 5.41) is 16.8. The van der Waals surface area contributed by atoms with E-state index in [1.54, 1.807) is 7.11 Å². The Balaban J connectivity index is 2.74. The van der Waals surface area contributed by atoms with Crippen LogP contribution in [0.4, 0.5) is 0 Å². The average Bonchev–Trinajstić information content (AvgIpc) is 2.77. The van der Waals surface area contributed by atoms with Crippen LogP contribution in [-0.2, 0) is 17.7 Å². The van der Waals surface area contributed by atoms with E-state index in [0.29, 0.717) is 19.4 Å². The molecule has 0 aromatic carbocycles. The Morgan fingerprint density at radius 1 is 1.50 bits per heavy atom. The van der Waals surface area contributed by atoms with Crippen LogP contribution >= 0.6 is 0 Å². The fraction of sp³-hybridized carbons (Fsp3) is 0.750. The van der Waals surface area contributed by atoms with Crippen LogP contribution in [0.25, 0.3) is 0 Å². The lowest BCUT2D eigenvalue weighted by Crippen LogP contribution is -2.12. The second-order valence-electron chi connectivity index (χ2n) is 4.18. The number of ether oxygens (including phenoxy) is 1. The predicted octanol–water partition coefficient (Wildman–Crippen LogP) is 1.18. The molecule has 1 unspecified atom stereocenters. The van der Waals surface area contributed by atoms with Crippen molar-refractivity contribution in [2.45, 2.75) is 45.3 Å². The van der Waals surface area contributed by atoms with Gasteiger partial charge in [0.05, 0.1) is 23.6 Å². The van der Waals surface area contributed by atoms with Gasteiger partial charge in [0.2, 0.25) is 0 Å².